The molecule has 0 amide bonds. The number of aromatic nitrogens is 7. The molecule has 12 rings (SSSR count). The largest absolute Gasteiger partial charge is 0.340 e. The minimum atomic E-state index is -0.238. The number of nitrogens with zero attached hydrogens (tertiary/aromatic N) is 10. The third-order valence-corrected chi connectivity index (χ3v) is 11.6. The third kappa shape index (κ3) is 8.35. The van der Waals surface area contributed by atoms with Gasteiger partial charge in [0.1, 0.15) is 11.6 Å². The normalized spacial score (nSPS) is 13.1. The fraction of sp³-hybridized carbons (Fsp3) is 0.180. The zero-order chi connectivity index (χ0) is 41.5. The Morgan fingerprint density at radius 3 is 1.55 bits per heavy atom. The second kappa shape index (κ2) is 19.0. The minimum Gasteiger partial charge on any atom is -0.340 e. The lowest BCUT2D eigenvalue weighted by Crippen LogP contribution is -2.16. The highest BCUT2D eigenvalue weighted by molar-refractivity contribution is 5.96. The lowest BCUT2D eigenvalue weighted by Gasteiger charge is -2.22. The summed E-state index contributed by atoms with van der Waals surface area (Å²) in [6.07, 6.45) is 14.2. The molecule has 0 N–H and O–H groups in total. The molecule has 6 aromatic heterocycles. The number of para-hydroxylation sites is 3. The fourth-order valence-corrected chi connectivity index (χ4v) is 8.83. The summed E-state index contributed by atoms with van der Waals surface area (Å²) < 4.78 is 14.8. The average molecular weight is 835 g/mol. The van der Waals surface area contributed by atoms with E-state index in [1.807, 2.05) is 97.4 Å². The molecule has 14 heteroatoms. The van der Waals surface area contributed by atoms with E-state index in [2.05, 4.69) is 94.1 Å². The van der Waals surface area contributed by atoms with Crippen molar-refractivity contribution in [3.8, 4) is 0 Å². The Bertz CT molecular complexity index is 2980. The molecule has 9 heterocycles. The van der Waals surface area contributed by atoms with Gasteiger partial charge in [0.2, 0.25) is 0 Å². The molecule has 0 saturated heterocycles. The van der Waals surface area contributed by atoms with Gasteiger partial charge in [-0.15, -0.1) is 0 Å². The molecule has 309 valence electrons. The van der Waals surface area contributed by atoms with Gasteiger partial charge in [0, 0.05) is 121 Å². The first-order valence-electron chi connectivity index (χ1n) is 20.7. The van der Waals surface area contributed by atoms with Crippen molar-refractivity contribution in [3.05, 3.63) is 174 Å². The molecule has 3 aliphatic rings. The highest BCUT2D eigenvalue weighted by Crippen LogP contribution is 2.41. The average Bonchev–Trinajstić information content (AvgIpc) is 4.04. The summed E-state index contributed by atoms with van der Waals surface area (Å²) in [4.78, 5) is 37.4. The highest BCUT2D eigenvalue weighted by Gasteiger charge is 2.27. The highest BCUT2D eigenvalue weighted by atomic mass is 19.1. The van der Waals surface area contributed by atoms with Gasteiger partial charge in [-0.25, -0.2) is 19.3 Å². The predicted octanol–water partition coefficient (Wildman–Crippen LogP) is 9.29. The number of halogens is 1. The van der Waals surface area contributed by atoms with E-state index in [4.69, 9.17) is 0 Å². The molecule has 3 aromatic carbocycles. The first-order chi connectivity index (χ1) is 29.9. The van der Waals surface area contributed by atoms with Crippen molar-refractivity contribution in [3.63, 3.8) is 0 Å². The van der Waals surface area contributed by atoms with Crippen LogP contribution in [0.1, 0.15) is 33.9 Å². The monoisotopic (exact) mass is 835 g/mol. The van der Waals surface area contributed by atoms with E-state index in [0.717, 1.165) is 94.8 Å². The molecule has 0 spiro atoms. The number of rotatable bonds is 3. The van der Waals surface area contributed by atoms with Crippen molar-refractivity contribution < 1.29 is 4.39 Å². The molecule has 10 nitrogen and oxygen atoms in total. The van der Waals surface area contributed by atoms with E-state index in [0.29, 0.717) is 11.4 Å². The lowest BCUT2D eigenvalue weighted by molar-refractivity contribution is 0.611. The molecule has 0 saturated carbocycles. The number of anilines is 6. The topological polar surface area (TPSA) is 100.0 Å². The van der Waals surface area contributed by atoms with Crippen LogP contribution in [-0.2, 0) is 19.3 Å². The minimum absolute atomic E-state index is 0. The molecular weight excluding hydrogens is 792 g/mol. The van der Waals surface area contributed by atoms with Crippen LogP contribution in [0.3, 0.4) is 0 Å². The molecule has 9 radical (unpaired) electrons. The second-order valence-electron chi connectivity index (χ2n) is 15.5. The maximum Gasteiger partial charge on any atom is 0.168 e. The number of hydrogen-bond donors (Lipinski definition) is 0. The molecule has 9 aromatic rings. The Hall–Kier alpha value is -7.21. The van der Waals surface area contributed by atoms with Crippen LogP contribution in [0.5, 0.6) is 0 Å². The summed E-state index contributed by atoms with van der Waals surface area (Å²) in [7, 11) is 0. The van der Waals surface area contributed by atoms with Crippen molar-refractivity contribution in [2.75, 3.05) is 34.3 Å². The zero-order valence-corrected chi connectivity index (χ0v) is 36.0. The van der Waals surface area contributed by atoms with E-state index in [9.17, 15) is 4.39 Å². The maximum absolute atomic E-state index is 14.8. The number of pyridine rings is 5. The number of hydrogen-bond acceptors (Lipinski definition) is 10. The van der Waals surface area contributed by atoms with Crippen LogP contribution in [0.15, 0.2) is 134 Å². The Balaban J connectivity index is 0.000000140. The van der Waals surface area contributed by atoms with Gasteiger partial charge in [0.05, 0.1) is 33.6 Å². The maximum atomic E-state index is 14.8. The first kappa shape index (κ1) is 44.8. The summed E-state index contributed by atoms with van der Waals surface area (Å²) in [5.41, 5.74) is 13.6. The van der Waals surface area contributed by atoms with Crippen LogP contribution in [0.2, 0.25) is 0 Å². The van der Waals surface area contributed by atoms with E-state index >= 15 is 0 Å². The number of aryl methyl sites for hydroxylation is 3. The van der Waals surface area contributed by atoms with Crippen LogP contribution in [0.4, 0.5) is 38.6 Å². The van der Waals surface area contributed by atoms with E-state index < -0.39 is 0 Å². The van der Waals surface area contributed by atoms with Crippen LogP contribution < -0.4 is 14.7 Å². The molecule has 0 aliphatic carbocycles. The summed E-state index contributed by atoms with van der Waals surface area (Å²) in [6.45, 7) is 8.44. The molecule has 0 atom stereocenters. The van der Waals surface area contributed by atoms with E-state index in [1.54, 1.807) is 13.1 Å². The molecule has 64 heavy (non-hydrogen) atoms. The van der Waals surface area contributed by atoms with E-state index in [-0.39, 0.29) is 31.1 Å². The Morgan fingerprint density at radius 1 is 0.469 bits per heavy atom. The zero-order valence-electron chi connectivity index (χ0n) is 36.0. The van der Waals surface area contributed by atoms with Gasteiger partial charge in [-0.05, 0) is 105 Å². The molecule has 3 aliphatic heterocycles. The van der Waals surface area contributed by atoms with Gasteiger partial charge >= 0.3 is 0 Å². The van der Waals surface area contributed by atoms with E-state index in [1.165, 1.54) is 33.6 Å². The summed E-state index contributed by atoms with van der Waals surface area (Å²) in [6, 6.07) is 32.5. The predicted molar refractivity (Wildman–Crippen MR) is 259 cm³/mol. The molecule has 0 fully saturated rings. The number of benzene rings is 3. The van der Waals surface area contributed by atoms with Crippen LogP contribution in [-0.4, -0.2) is 79.8 Å². The van der Waals surface area contributed by atoms with Crippen molar-refractivity contribution in [1.82, 2.24) is 34.9 Å². The van der Waals surface area contributed by atoms with Crippen LogP contribution in [0.25, 0.3) is 32.7 Å². The standard InChI is InChI=1S/C17H14FN3.C17H15N3.C16H14N4.3B/c1-11-16(18)17(13-4-2-3-5-14(13)20-11)21-9-7-12-10-19-8-6-15(12)21;1-12-10-17(14-4-2-3-5-15(14)19-12)20-9-7-13-11-18-8-6-16(13)20;1-11-18-14-5-3-2-4-13(14)16(19-11)20-9-7-12-10-17-8-6-15(12)20;;;/h2-6,8,10H,7,9H2,1H3;2-6,8,10-11H,7,9H2,1H3;2-6,8,10H,7,9H2,1H3;;;. The van der Waals surface area contributed by atoms with Gasteiger partial charge in [0.25, 0.3) is 0 Å². The summed E-state index contributed by atoms with van der Waals surface area (Å²) >= 11 is 0. The summed E-state index contributed by atoms with van der Waals surface area (Å²) in [5, 5.41) is 3.16. The fourth-order valence-electron chi connectivity index (χ4n) is 8.83. The van der Waals surface area contributed by atoms with Gasteiger partial charge in [-0.1, -0.05) is 48.5 Å². The second-order valence-corrected chi connectivity index (χ2v) is 15.5. The van der Waals surface area contributed by atoms with Crippen molar-refractivity contribution in [2.24, 2.45) is 0 Å². The van der Waals surface area contributed by atoms with Gasteiger partial charge in [0.15, 0.2) is 5.82 Å². The van der Waals surface area contributed by atoms with Gasteiger partial charge in [-0.2, -0.15) is 0 Å². The molecular formula is C50H43B3FN10. The Kier molecular flexibility index (Phi) is 13.3. The van der Waals surface area contributed by atoms with Gasteiger partial charge in [-0.3, -0.25) is 19.9 Å². The van der Waals surface area contributed by atoms with Gasteiger partial charge < -0.3 is 14.7 Å². The first-order valence-corrected chi connectivity index (χ1v) is 20.7. The quantitative estimate of drug-likeness (QED) is 0.160. The van der Waals surface area contributed by atoms with Crippen LogP contribution >= 0.6 is 0 Å². The summed E-state index contributed by atoms with van der Waals surface area (Å²) in [5.74, 6) is 1.57. The van der Waals surface area contributed by atoms with Crippen molar-refractivity contribution >= 4 is 92.2 Å². The Labute approximate surface area is 378 Å². The number of fused-ring (bicyclic) bond motifs is 6. The van der Waals surface area contributed by atoms with Crippen molar-refractivity contribution in [2.45, 2.75) is 40.0 Å². The SMILES string of the molecule is Cc1cc(N2CCc3cnccc32)c2ccccc2n1.Cc1nc(N2CCc3cnccc32)c2ccccc2n1.Cc1nc2ccccc2c(N2CCc3cnccc32)c1F.[B].[B].[B]. The Morgan fingerprint density at radius 2 is 0.938 bits per heavy atom. The molecule has 0 bridgehead atoms. The smallest absolute Gasteiger partial charge is 0.168 e. The molecule has 0 unspecified atom stereocenters. The van der Waals surface area contributed by atoms with Crippen LogP contribution in [0, 0.1) is 26.6 Å². The van der Waals surface area contributed by atoms with Crippen molar-refractivity contribution in [1.29, 1.82) is 0 Å². The lowest BCUT2D eigenvalue weighted by atomic mass is 10.1. The third-order valence-electron chi connectivity index (χ3n) is 11.6.